The molecule has 1 aliphatic heterocycles. The summed E-state index contributed by atoms with van der Waals surface area (Å²) in [6, 6.07) is 0.202. The van der Waals surface area contributed by atoms with Crippen LogP contribution in [0, 0.1) is 0 Å². The second kappa shape index (κ2) is 6.74. The quantitative estimate of drug-likeness (QED) is 0.816. The van der Waals surface area contributed by atoms with E-state index in [9.17, 15) is 13.2 Å². The topological polar surface area (TPSA) is 52.0 Å². The van der Waals surface area contributed by atoms with Gasteiger partial charge in [0.1, 0.15) is 12.4 Å². The van der Waals surface area contributed by atoms with Crippen molar-refractivity contribution >= 4 is 0 Å². The van der Waals surface area contributed by atoms with E-state index in [0.717, 1.165) is 24.5 Å². The first-order valence-electron chi connectivity index (χ1n) is 7.16. The van der Waals surface area contributed by atoms with Gasteiger partial charge in [-0.05, 0) is 6.42 Å². The number of halogens is 3. The van der Waals surface area contributed by atoms with Crippen LogP contribution in [0.15, 0.2) is 0 Å². The summed E-state index contributed by atoms with van der Waals surface area (Å²) in [5.74, 6) is 2.13. The van der Waals surface area contributed by atoms with Crippen LogP contribution in [-0.4, -0.2) is 46.7 Å². The third kappa shape index (κ3) is 4.96. The Morgan fingerprint density at radius 2 is 2.19 bits per heavy atom. The molecule has 2 heterocycles. The van der Waals surface area contributed by atoms with Gasteiger partial charge in [-0.15, -0.1) is 0 Å². The van der Waals surface area contributed by atoms with Crippen LogP contribution in [0.25, 0.3) is 0 Å². The van der Waals surface area contributed by atoms with Gasteiger partial charge in [-0.3, -0.25) is 0 Å². The maximum absolute atomic E-state index is 11.9. The van der Waals surface area contributed by atoms with E-state index >= 15 is 0 Å². The first-order chi connectivity index (χ1) is 9.85. The third-order valence-electron chi connectivity index (χ3n) is 3.34. The van der Waals surface area contributed by atoms with Crippen molar-refractivity contribution in [2.24, 2.45) is 0 Å². The molecular weight excluding hydrogens is 285 g/mol. The Kier molecular flexibility index (Phi) is 5.21. The lowest BCUT2D eigenvalue weighted by molar-refractivity contribution is -0.173. The molecule has 0 aromatic carbocycles. The summed E-state index contributed by atoms with van der Waals surface area (Å²) in [5, 5.41) is 7.67. The lowest BCUT2D eigenvalue weighted by Gasteiger charge is -2.23. The molecule has 21 heavy (non-hydrogen) atoms. The number of aromatic nitrogens is 3. The molecule has 0 fully saturated rings. The maximum Gasteiger partial charge on any atom is 0.411 e. The number of hydrogen-bond donors (Lipinski definition) is 1. The molecule has 120 valence electrons. The predicted molar refractivity (Wildman–Crippen MR) is 71.1 cm³/mol. The van der Waals surface area contributed by atoms with Gasteiger partial charge in [0, 0.05) is 24.9 Å². The number of hydrogen-bond acceptors (Lipinski definition) is 4. The van der Waals surface area contributed by atoms with Crippen LogP contribution < -0.4 is 5.32 Å². The van der Waals surface area contributed by atoms with Crippen molar-refractivity contribution in [3.63, 3.8) is 0 Å². The van der Waals surface area contributed by atoms with Crippen molar-refractivity contribution in [1.82, 2.24) is 20.1 Å². The van der Waals surface area contributed by atoms with Crippen LogP contribution >= 0.6 is 0 Å². The van der Waals surface area contributed by atoms with E-state index in [1.165, 1.54) is 0 Å². The molecule has 8 heteroatoms. The molecule has 2 rings (SSSR count). The molecule has 0 amide bonds. The van der Waals surface area contributed by atoms with E-state index in [-0.39, 0.29) is 12.6 Å². The Hall–Kier alpha value is -1.15. The zero-order valence-electron chi connectivity index (χ0n) is 12.3. The molecule has 0 saturated heterocycles. The number of alkyl halides is 3. The first-order valence-corrected chi connectivity index (χ1v) is 7.16. The van der Waals surface area contributed by atoms with Gasteiger partial charge in [0.25, 0.3) is 0 Å². The zero-order chi connectivity index (χ0) is 15.5. The standard InChI is InChI=1S/C13H21F3N4O/c1-9(2)12-18-11-4-3-10(7-20(11)19-12)17-5-6-21-8-13(14,15)16/h9-10,17H,3-8H2,1-2H3/t10-/m0/s1. The minimum atomic E-state index is -4.26. The number of nitrogens with one attached hydrogen (secondary N) is 1. The van der Waals surface area contributed by atoms with Crippen molar-refractivity contribution in [3.8, 4) is 0 Å². The van der Waals surface area contributed by atoms with E-state index in [1.54, 1.807) is 0 Å². The highest BCUT2D eigenvalue weighted by atomic mass is 19.4. The summed E-state index contributed by atoms with van der Waals surface area (Å²) in [5.41, 5.74) is 0. The number of ether oxygens (including phenoxy) is 1. The number of fused-ring (bicyclic) bond motifs is 1. The van der Waals surface area contributed by atoms with E-state index in [4.69, 9.17) is 0 Å². The minimum absolute atomic E-state index is 0.0530. The fourth-order valence-corrected chi connectivity index (χ4v) is 2.26. The molecule has 5 nitrogen and oxygen atoms in total. The highest BCUT2D eigenvalue weighted by Crippen LogP contribution is 2.17. The fourth-order valence-electron chi connectivity index (χ4n) is 2.26. The second-order valence-corrected chi connectivity index (χ2v) is 5.58. The van der Waals surface area contributed by atoms with Crippen LogP contribution in [-0.2, 0) is 17.7 Å². The molecular formula is C13H21F3N4O. The summed E-state index contributed by atoms with van der Waals surface area (Å²) in [6.07, 6.45) is -2.51. The summed E-state index contributed by atoms with van der Waals surface area (Å²) in [4.78, 5) is 4.50. The molecule has 0 aliphatic carbocycles. The van der Waals surface area contributed by atoms with Crippen LogP contribution in [0.2, 0.25) is 0 Å². The van der Waals surface area contributed by atoms with Crippen molar-refractivity contribution in [1.29, 1.82) is 0 Å². The Morgan fingerprint density at radius 1 is 1.43 bits per heavy atom. The fraction of sp³-hybridized carbons (Fsp3) is 0.846. The monoisotopic (exact) mass is 306 g/mol. The van der Waals surface area contributed by atoms with Gasteiger partial charge in [-0.25, -0.2) is 9.67 Å². The number of aryl methyl sites for hydroxylation is 1. The number of rotatable bonds is 6. The van der Waals surface area contributed by atoms with Gasteiger partial charge in [0.05, 0.1) is 13.2 Å². The molecule has 0 radical (unpaired) electrons. The zero-order valence-corrected chi connectivity index (χ0v) is 12.3. The molecule has 1 aromatic rings. The summed E-state index contributed by atoms with van der Waals surface area (Å²) >= 11 is 0. The normalized spacial score (nSPS) is 19.0. The third-order valence-corrected chi connectivity index (χ3v) is 3.34. The van der Waals surface area contributed by atoms with Crippen LogP contribution in [0.5, 0.6) is 0 Å². The van der Waals surface area contributed by atoms with E-state index in [2.05, 4.69) is 34.0 Å². The molecule has 1 atom stereocenters. The smallest absolute Gasteiger partial charge is 0.371 e. The summed E-state index contributed by atoms with van der Waals surface area (Å²) in [7, 11) is 0. The largest absolute Gasteiger partial charge is 0.411 e. The molecule has 1 aliphatic rings. The predicted octanol–water partition coefficient (Wildman–Crippen LogP) is 1.88. The van der Waals surface area contributed by atoms with Gasteiger partial charge in [0.15, 0.2) is 5.82 Å². The van der Waals surface area contributed by atoms with Crippen LogP contribution in [0.4, 0.5) is 13.2 Å². The van der Waals surface area contributed by atoms with Gasteiger partial charge >= 0.3 is 6.18 Å². The van der Waals surface area contributed by atoms with Gasteiger partial charge in [-0.2, -0.15) is 18.3 Å². The maximum atomic E-state index is 11.9. The minimum Gasteiger partial charge on any atom is -0.371 e. The van der Waals surface area contributed by atoms with E-state index in [1.807, 2.05) is 4.68 Å². The Labute approximate surface area is 121 Å². The molecule has 0 bridgehead atoms. The van der Waals surface area contributed by atoms with Crippen molar-refractivity contribution in [2.45, 2.75) is 51.4 Å². The van der Waals surface area contributed by atoms with Crippen molar-refractivity contribution in [2.75, 3.05) is 19.8 Å². The van der Waals surface area contributed by atoms with Gasteiger partial charge in [-0.1, -0.05) is 13.8 Å². The van der Waals surface area contributed by atoms with E-state index in [0.29, 0.717) is 19.0 Å². The Balaban J connectivity index is 1.72. The molecule has 1 aromatic heterocycles. The Morgan fingerprint density at radius 3 is 2.86 bits per heavy atom. The van der Waals surface area contributed by atoms with Gasteiger partial charge < -0.3 is 10.1 Å². The first kappa shape index (κ1) is 16.2. The average molecular weight is 306 g/mol. The molecule has 0 saturated carbocycles. The van der Waals surface area contributed by atoms with Crippen LogP contribution in [0.3, 0.4) is 0 Å². The average Bonchev–Trinajstić information content (AvgIpc) is 2.80. The van der Waals surface area contributed by atoms with Crippen molar-refractivity contribution < 1.29 is 17.9 Å². The SMILES string of the molecule is CC(C)c1nc2n(n1)C[C@@H](NCCOCC(F)(F)F)CC2. The van der Waals surface area contributed by atoms with Crippen molar-refractivity contribution in [3.05, 3.63) is 11.6 Å². The molecule has 0 unspecified atom stereocenters. The van der Waals surface area contributed by atoms with Gasteiger partial charge in [0.2, 0.25) is 0 Å². The van der Waals surface area contributed by atoms with E-state index < -0.39 is 12.8 Å². The lowest BCUT2D eigenvalue weighted by Crippen LogP contribution is -2.39. The number of nitrogens with zero attached hydrogens (tertiary/aromatic N) is 3. The second-order valence-electron chi connectivity index (χ2n) is 5.58. The molecule has 0 spiro atoms. The summed E-state index contributed by atoms with van der Waals surface area (Å²) in [6.45, 7) is 4.07. The summed E-state index contributed by atoms with van der Waals surface area (Å²) < 4.78 is 42.2. The highest BCUT2D eigenvalue weighted by Gasteiger charge is 2.27. The Bertz CT molecular complexity index is 459. The van der Waals surface area contributed by atoms with Crippen LogP contribution in [0.1, 0.15) is 37.8 Å². The highest BCUT2D eigenvalue weighted by molar-refractivity contribution is 5.00. The lowest BCUT2D eigenvalue weighted by atomic mass is 10.1. The molecule has 1 N–H and O–H groups in total.